The molecule has 1 atom stereocenters. The summed E-state index contributed by atoms with van der Waals surface area (Å²) < 4.78 is 0. The summed E-state index contributed by atoms with van der Waals surface area (Å²) in [6.45, 7) is 11.6. The van der Waals surface area contributed by atoms with Crippen LogP contribution in [-0.2, 0) is 4.79 Å². The smallest absolute Gasteiger partial charge is 0.246 e. The second-order valence-corrected chi connectivity index (χ2v) is 3.82. The zero-order valence-corrected chi connectivity index (χ0v) is 9.20. The summed E-state index contributed by atoms with van der Waals surface area (Å²) in [5, 5.41) is 0. The Hall–Kier alpha value is -0.830. The Labute approximate surface area is 86.4 Å². The summed E-state index contributed by atoms with van der Waals surface area (Å²) >= 11 is 0. The highest BCUT2D eigenvalue weighted by Crippen LogP contribution is 2.08. The van der Waals surface area contributed by atoms with E-state index in [0.717, 1.165) is 26.2 Å². The zero-order chi connectivity index (χ0) is 10.6. The molecule has 1 fully saturated rings. The normalized spacial score (nSPS) is 20.6. The number of carbonyl (C=O) groups is 1. The predicted molar refractivity (Wildman–Crippen MR) is 58.1 cm³/mol. The fraction of sp³-hybridized carbons (Fsp3) is 0.727. The van der Waals surface area contributed by atoms with Crippen LogP contribution in [0.2, 0.25) is 0 Å². The van der Waals surface area contributed by atoms with Crippen molar-refractivity contribution in [1.82, 2.24) is 9.80 Å². The van der Waals surface area contributed by atoms with Crippen molar-refractivity contribution in [3.05, 3.63) is 12.7 Å². The van der Waals surface area contributed by atoms with Crippen molar-refractivity contribution in [2.75, 3.05) is 26.2 Å². The first-order valence-corrected chi connectivity index (χ1v) is 5.34. The van der Waals surface area contributed by atoms with Gasteiger partial charge in [-0.1, -0.05) is 13.5 Å². The lowest BCUT2D eigenvalue weighted by atomic mass is 10.2. The third-order valence-electron chi connectivity index (χ3n) is 3.01. The Morgan fingerprint density at radius 2 is 2.00 bits per heavy atom. The lowest BCUT2D eigenvalue weighted by Gasteiger charge is -2.37. The molecule has 0 bridgehead atoms. The van der Waals surface area contributed by atoms with Crippen molar-refractivity contribution in [3.63, 3.8) is 0 Å². The SMILES string of the molecule is C=CC(=O)N1CCN(C(C)CC)CC1. The van der Waals surface area contributed by atoms with Gasteiger partial charge in [-0.25, -0.2) is 0 Å². The summed E-state index contributed by atoms with van der Waals surface area (Å²) in [6, 6.07) is 0.635. The van der Waals surface area contributed by atoms with Crippen LogP contribution in [-0.4, -0.2) is 47.9 Å². The Kier molecular flexibility index (Phi) is 4.14. The number of hydrogen-bond acceptors (Lipinski definition) is 2. The van der Waals surface area contributed by atoms with Gasteiger partial charge in [0, 0.05) is 32.2 Å². The molecule has 0 spiro atoms. The molecule has 0 aliphatic carbocycles. The van der Waals surface area contributed by atoms with E-state index in [1.165, 1.54) is 12.5 Å². The lowest BCUT2D eigenvalue weighted by molar-refractivity contribution is -0.128. The standard InChI is InChI=1S/C11H20N2O/c1-4-10(3)12-6-8-13(9-7-12)11(14)5-2/h5,10H,2,4,6-9H2,1,3H3. The van der Waals surface area contributed by atoms with Crippen molar-refractivity contribution in [2.45, 2.75) is 26.3 Å². The number of rotatable bonds is 3. The zero-order valence-electron chi connectivity index (χ0n) is 9.20. The average Bonchev–Trinajstić information content (AvgIpc) is 2.27. The molecule has 1 saturated heterocycles. The van der Waals surface area contributed by atoms with Crippen LogP contribution in [0, 0.1) is 0 Å². The molecule has 0 saturated carbocycles. The molecule has 1 amide bonds. The molecule has 14 heavy (non-hydrogen) atoms. The van der Waals surface area contributed by atoms with Gasteiger partial charge in [0.05, 0.1) is 0 Å². The molecule has 0 aromatic heterocycles. The quantitative estimate of drug-likeness (QED) is 0.631. The first-order valence-electron chi connectivity index (χ1n) is 5.34. The van der Waals surface area contributed by atoms with Crippen LogP contribution in [0.4, 0.5) is 0 Å². The van der Waals surface area contributed by atoms with Crippen LogP contribution >= 0.6 is 0 Å². The second-order valence-electron chi connectivity index (χ2n) is 3.82. The largest absolute Gasteiger partial charge is 0.337 e. The van der Waals surface area contributed by atoms with Crippen molar-refractivity contribution >= 4 is 5.91 Å². The van der Waals surface area contributed by atoms with E-state index in [2.05, 4.69) is 25.3 Å². The summed E-state index contributed by atoms with van der Waals surface area (Å²) in [4.78, 5) is 15.6. The topological polar surface area (TPSA) is 23.6 Å². The summed E-state index contributed by atoms with van der Waals surface area (Å²) in [6.07, 6.45) is 2.58. The van der Waals surface area contributed by atoms with Crippen LogP contribution in [0.1, 0.15) is 20.3 Å². The molecule has 80 valence electrons. The molecule has 0 aromatic carbocycles. The van der Waals surface area contributed by atoms with E-state index in [9.17, 15) is 4.79 Å². The van der Waals surface area contributed by atoms with Gasteiger partial charge in [0.25, 0.3) is 0 Å². The van der Waals surface area contributed by atoms with Gasteiger partial charge < -0.3 is 4.90 Å². The molecule has 0 radical (unpaired) electrons. The number of carbonyl (C=O) groups excluding carboxylic acids is 1. The number of hydrogen-bond donors (Lipinski definition) is 0. The molecule has 1 aliphatic heterocycles. The third kappa shape index (κ3) is 2.58. The Bertz CT molecular complexity index is 207. The van der Waals surface area contributed by atoms with Gasteiger partial charge in [-0.15, -0.1) is 0 Å². The molecule has 0 N–H and O–H groups in total. The molecule has 3 heteroatoms. The van der Waals surface area contributed by atoms with E-state index in [1.54, 1.807) is 0 Å². The fourth-order valence-electron chi connectivity index (χ4n) is 1.77. The van der Waals surface area contributed by atoms with Crippen molar-refractivity contribution in [1.29, 1.82) is 0 Å². The van der Waals surface area contributed by atoms with E-state index < -0.39 is 0 Å². The first kappa shape index (κ1) is 11.2. The lowest BCUT2D eigenvalue weighted by Crippen LogP contribution is -2.50. The molecule has 1 aliphatic rings. The van der Waals surface area contributed by atoms with Crippen molar-refractivity contribution < 1.29 is 4.79 Å². The Balaban J connectivity index is 2.38. The maximum Gasteiger partial charge on any atom is 0.246 e. The van der Waals surface area contributed by atoms with E-state index in [0.29, 0.717) is 6.04 Å². The van der Waals surface area contributed by atoms with Crippen LogP contribution in [0.3, 0.4) is 0 Å². The molecule has 3 nitrogen and oxygen atoms in total. The average molecular weight is 196 g/mol. The molecule has 0 aromatic rings. The van der Waals surface area contributed by atoms with Gasteiger partial charge in [0.15, 0.2) is 0 Å². The van der Waals surface area contributed by atoms with Gasteiger partial charge in [0.2, 0.25) is 5.91 Å². The Morgan fingerprint density at radius 1 is 1.43 bits per heavy atom. The third-order valence-corrected chi connectivity index (χ3v) is 3.01. The van der Waals surface area contributed by atoms with Gasteiger partial charge in [0.1, 0.15) is 0 Å². The highest BCUT2D eigenvalue weighted by atomic mass is 16.2. The monoisotopic (exact) mass is 196 g/mol. The molecule has 1 unspecified atom stereocenters. The molecular weight excluding hydrogens is 176 g/mol. The van der Waals surface area contributed by atoms with Crippen molar-refractivity contribution in [3.8, 4) is 0 Å². The highest BCUT2D eigenvalue weighted by Gasteiger charge is 2.21. The van der Waals surface area contributed by atoms with Crippen LogP contribution in [0.5, 0.6) is 0 Å². The van der Waals surface area contributed by atoms with Gasteiger partial charge in [-0.05, 0) is 19.4 Å². The van der Waals surface area contributed by atoms with Crippen LogP contribution in [0.25, 0.3) is 0 Å². The van der Waals surface area contributed by atoms with E-state index in [1.807, 2.05) is 4.90 Å². The molecular formula is C11H20N2O. The highest BCUT2D eigenvalue weighted by molar-refractivity contribution is 5.87. The number of nitrogens with zero attached hydrogens (tertiary/aromatic N) is 2. The maximum atomic E-state index is 11.3. The minimum absolute atomic E-state index is 0.0637. The number of piperazine rings is 1. The second kappa shape index (κ2) is 5.15. The maximum absolute atomic E-state index is 11.3. The fourth-order valence-corrected chi connectivity index (χ4v) is 1.77. The van der Waals surface area contributed by atoms with Gasteiger partial charge >= 0.3 is 0 Å². The molecule has 1 heterocycles. The van der Waals surface area contributed by atoms with E-state index >= 15 is 0 Å². The predicted octanol–water partition coefficient (Wildman–Crippen LogP) is 1.12. The summed E-state index contributed by atoms with van der Waals surface area (Å²) in [7, 11) is 0. The van der Waals surface area contributed by atoms with Crippen LogP contribution in [0.15, 0.2) is 12.7 Å². The summed E-state index contributed by atoms with van der Waals surface area (Å²) in [5.41, 5.74) is 0. The Morgan fingerprint density at radius 3 is 2.43 bits per heavy atom. The van der Waals surface area contributed by atoms with E-state index in [4.69, 9.17) is 0 Å². The molecule has 1 rings (SSSR count). The first-order chi connectivity index (χ1) is 6.69. The number of amides is 1. The summed E-state index contributed by atoms with van der Waals surface area (Å²) in [5.74, 6) is 0.0637. The minimum Gasteiger partial charge on any atom is -0.337 e. The van der Waals surface area contributed by atoms with Gasteiger partial charge in [-0.3, -0.25) is 9.69 Å². The van der Waals surface area contributed by atoms with Crippen molar-refractivity contribution in [2.24, 2.45) is 0 Å². The van der Waals surface area contributed by atoms with Gasteiger partial charge in [-0.2, -0.15) is 0 Å². The minimum atomic E-state index is 0.0637. The van der Waals surface area contributed by atoms with Crippen LogP contribution < -0.4 is 0 Å². The van der Waals surface area contributed by atoms with E-state index in [-0.39, 0.29) is 5.91 Å².